The molecule has 1 amide bonds. The fourth-order valence-electron chi connectivity index (χ4n) is 6.76. The van der Waals surface area contributed by atoms with Crippen molar-refractivity contribution in [3.63, 3.8) is 0 Å². The van der Waals surface area contributed by atoms with Crippen molar-refractivity contribution >= 4 is 75.0 Å². The van der Waals surface area contributed by atoms with Crippen LogP contribution in [0.15, 0.2) is 58.3 Å². The minimum absolute atomic E-state index is 0.0248. The number of rotatable bonds is 6. The predicted molar refractivity (Wildman–Crippen MR) is 198 cm³/mol. The molecule has 2 unspecified atom stereocenters. The first-order chi connectivity index (χ1) is 24.2. The van der Waals surface area contributed by atoms with E-state index in [0.717, 1.165) is 65.0 Å². The molecule has 15 heteroatoms. The Morgan fingerprint density at radius 1 is 0.900 bits per heavy atom. The van der Waals surface area contributed by atoms with Crippen molar-refractivity contribution in [3.05, 3.63) is 92.3 Å². The summed E-state index contributed by atoms with van der Waals surface area (Å²) in [5.74, 6) is 3.17. The largest absolute Gasteiger partial charge is 0.364 e. The zero-order valence-corrected chi connectivity index (χ0v) is 31.0. The normalized spacial score (nSPS) is 20.3. The van der Waals surface area contributed by atoms with Crippen molar-refractivity contribution in [1.29, 1.82) is 0 Å². The third-order valence-corrected chi connectivity index (χ3v) is 12.8. The van der Waals surface area contributed by atoms with Crippen LogP contribution in [0, 0.1) is 5.82 Å². The van der Waals surface area contributed by atoms with E-state index in [1.54, 1.807) is 28.8 Å². The molecule has 9 nitrogen and oxygen atoms in total. The molecule has 1 N–H and O–H groups in total. The summed E-state index contributed by atoms with van der Waals surface area (Å²) in [5.41, 5.74) is 4.04. The Kier molecular flexibility index (Phi) is 11.1. The molecule has 2 aromatic heterocycles. The van der Waals surface area contributed by atoms with Gasteiger partial charge in [0.25, 0.3) is 0 Å². The second-order valence-corrected chi connectivity index (χ2v) is 16.4. The molecular formula is C35H35Cl3FN7O2S2. The first-order valence-corrected chi connectivity index (χ1v) is 20.1. The molecule has 50 heavy (non-hydrogen) atoms. The van der Waals surface area contributed by atoms with Gasteiger partial charge in [0.1, 0.15) is 21.7 Å². The van der Waals surface area contributed by atoms with Gasteiger partial charge in [-0.3, -0.25) is 9.00 Å². The summed E-state index contributed by atoms with van der Waals surface area (Å²) in [6.45, 7) is 2.62. The van der Waals surface area contributed by atoms with Crippen molar-refractivity contribution in [3.8, 4) is 0 Å². The van der Waals surface area contributed by atoms with Crippen molar-refractivity contribution in [2.75, 3.05) is 41.4 Å². The molecule has 2 fully saturated rings. The number of hydrogen-bond acceptors (Lipinski definition) is 9. The highest BCUT2D eigenvalue weighted by Crippen LogP contribution is 2.36. The van der Waals surface area contributed by atoms with Gasteiger partial charge in [-0.05, 0) is 72.2 Å². The minimum atomic E-state index is -1.14. The van der Waals surface area contributed by atoms with Crippen LogP contribution in [0.2, 0.25) is 15.5 Å². The number of likely N-dealkylation sites (tertiary alicyclic amines) is 1. The fraction of sp³-hybridized carbons (Fsp3) is 0.400. The van der Waals surface area contributed by atoms with E-state index in [4.69, 9.17) is 44.8 Å². The fourth-order valence-corrected chi connectivity index (χ4v) is 9.76. The highest BCUT2D eigenvalue weighted by Gasteiger charge is 2.32. The Labute approximate surface area is 312 Å². The first kappa shape index (κ1) is 35.4. The summed E-state index contributed by atoms with van der Waals surface area (Å²) in [5, 5.41) is 5.03. The Bertz CT molecular complexity index is 1900. The number of halogens is 4. The summed E-state index contributed by atoms with van der Waals surface area (Å²) < 4.78 is 26.2. The van der Waals surface area contributed by atoms with E-state index in [1.165, 1.54) is 17.7 Å². The molecule has 0 aliphatic carbocycles. The predicted octanol–water partition coefficient (Wildman–Crippen LogP) is 7.35. The van der Waals surface area contributed by atoms with Crippen molar-refractivity contribution in [1.82, 2.24) is 24.8 Å². The molecule has 262 valence electrons. The third-order valence-electron chi connectivity index (χ3n) is 9.38. The SMILES string of the molecule is Clc1nc(Cl)c2c(n1)CCS2.O=C1CCC(Nc2nc(N3CCC(c4ccc(Cl)cc4)CC3)nc3c2S(=O)CC3)CN1Cc1ccc(F)cc1. The molecule has 0 radical (unpaired) electrons. The van der Waals surface area contributed by atoms with Crippen LogP contribution in [-0.2, 0) is 35.0 Å². The smallest absolute Gasteiger partial charge is 0.227 e. The van der Waals surface area contributed by atoms with Crippen LogP contribution in [0.1, 0.15) is 54.1 Å². The minimum Gasteiger partial charge on any atom is -0.364 e. The lowest BCUT2D eigenvalue weighted by atomic mass is 9.89. The monoisotopic (exact) mass is 773 g/mol. The van der Waals surface area contributed by atoms with E-state index in [2.05, 4.69) is 32.3 Å². The Hall–Kier alpha value is -3.03. The molecule has 4 aliphatic heterocycles. The topological polar surface area (TPSA) is 104 Å². The van der Waals surface area contributed by atoms with Gasteiger partial charge in [0.05, 0.1) is 27.1 Å². The van der Waals surface area contributed by atoms with E-state index in [0.29, 0.717) is 65.8 Å². The number of benzene rings is 2. The van der Waals surface area contributed by atoms with E-state index in [1.807, 2.05) is 12.1 Å². The molecule has 0 bridgehead atoms. The molecule has 2 saturated heterocycles. The van der Waals surface area contributed by atoms with Crippen LogP contribution < -0.4 is 10.2 Å². The highest BCUT2D eigenvalue weighted by atomic mass is 35.5. The lowest BCUT2D eigenvalue weighted by Crippen LogP contribution is -2.45. The van der Waals surface area contributed by atoms with Gasteiger partial charge >= 0.3 is 0 Å². The van der Waals surface area contributed by atoms with Crippen LogP contribution in [0.25, 0.3) is 0 Å². The third kappa shape index (κ3) is 8.20. The quantitative estimate of drug-likeness (QED) is 0.159. The number of hydrogen-bond donors (Lipinski definition) is 1. The van der Waals surface area contributed by atoms with Gasteiger partial charge in [-0.2, -0.15) is 4.98 Å². The number of aromatic nitrogens is 4. The first-order valence-electron chi connectivity index (χ1n) is 16.6. The maximum atomic E-state index is 13.3. The zero-order valence-electron chi connectivity index (χ0n) is 27.1. The number of aryl methyl sites for hydroxylation is 2. The summed E-state index contributed by atoms with van der Waals surface area (Å²) >= 11 is 19.2. The van der Waals surface area contributed by atoms with Gasteiger partial charge in [0.15, 0.2) is 0 Å². The maximum absolute atomic E-state index is 13.3. The number of nitrogens with zero attached hydrogens (tertiary/aromatic N) is 6. The van der Waals surface area contributed by atoms with E-state index >= 15 is 0 Å². The standard InChI is InChI=1S/C29H31ClFN5O2S.C6H4Cl2N2S/c30-22-5-3-20(4-6-22)21-11-14-35(15-12-21)29-33-25-13-16-39(38)27(25)28(34-29)32-24-9-10-26(37)36(18-24)17-19-1-7-23(31)8-2-19;7-5-4-3(1-2-11-4)9-6(8)10-5/h1-8,21,24H,9-18H2,(H,32,33,34);1-2H2. The maximum Gasteiger partial charge on any atom is 0.227 e. The number of thioether (sulfide) groups is 1. The number of anilines is 2. The van der Waals surface area contributed by atoms with Crippen LogP contribution in [0.3, 0.4) is 0 Å². The van der Waals surface area contributed by atoms with Gasteiger partial charge in [-0.1, -0.05) is 47.5 Å². The van der Waals surface area contributed by atoms with Gasteiger partial charge in [-0.15, -0.1) is 11.8 Å². The Morgan fingerprint density at radius 3 is 2.42 bits per heavy atom. The number of amides is 1. The molecule has 0 saturated carbocycles. The van der Waals surface area contributed by atoms with E-state index in [-0.39, 0.29) is 23.0 Å². The summed E-state index contributed by atoms with van der Waals surface area (Å²) in [6.07, 6.45) is 4.71. The molecule has 0 spiro atoms. The highest BCUT2D eigenvalue weighted by molar-refractivity contribution is 7.99. The van der Waals surface area contributed by atoms with Crippen molar-refractivity contribution < 1.29 is 13.4 Å². The van der Waals surface area contributed by atoms with Crippen LogP contribution in [-0.4, -0.2) is 72.1 Å². The summed E-state index contributed by atoms with van der Waals surface area (Å²) in [6, 6.07) is 14.3. The average Bonchev–Trinajstić information content (AvgIpc) is 3.75. The van der Waals surface area contributed by atoms with E-state index in [9.17, 15) is 13.4 Å². The molecule has 4 aliphatic rings. The molecule has 4 aromatic rings. The Morgan fingerprint density at radius 2 is 1.66 bits per heavy atom. The van der Waals surface area contributed by atoms with Crippen molar-refractivity contribution in [2.24, 2.45) is 0 Å². The molecule has 6 heterocycles. The lowest BCUT2D eigenvalue weighted by molar-refractivity contribution is -0.134. The van der Waals surface area contributed by atoms with Gasteiger partial charge < -0.3 is 15.1 Å². The number of carbonyl (C=O) groups excluding carboxylic acids is 1. The molecule has 8 rings (SSSR count). The van der Waals surface area contributed by atoms with Crippen LogP contribution >= 0.6 is 46.6 Å². The zero-order chi connectivity index (χ0) is 34.8. The second kappa shape index (κ2) is 15.7. The molecule has 2 aromatic carbocycles. The lowest BCUT2D eigenvalue weighted by Gasteiger charge is -2.34. The van der Waals surface area contributed by atoms with E-state index < -0.39 is 10.8 Å². The average molecular weight is 775 g/mol. The number of nitrogens with one attached hydrogen (secondary N) is 1. The van der Waals surface area contributed by atoms with Crippen molar-refractivity contribution in [2.45, 2.75) is 66.8 Å². The second-order valence-electron chi connectivity index (χ2n) is 12.7. The van der Waals surface area contributed by atoms with Crippen LogP contribution in [0.5, 0.6) is 0 Å². The Balaban J connectivity index is 0.000000302. The van der Waals surface area contributed by atoms with Crippen LogP contribution in [0.4, 0.5) is 16.2 Å². The van der Waals surface area contributed by atoms with Gasteiger partial charge in [-0.25, -0.2) is 19.3 Å². The number of piperidine rings is 2. The van der Waals surface area contributed by atoms with Gasteiger partial charge in [0, 0.05) is 68.0 Å². The summed E-state index contributed by atoms with van der Waals surface area (Å²) in [7, 11) is -1.14. The number of fused-ring (bicyclic) bond motifs is 2. The van der Waals surface area contributed by atoms with Gasteiger partial charge in [0.2, 0.25) is 17.1 Å². The molecular weight excluding hydrogens is 740 g/mol. The number of carbonyl (C=O) groups is 1. The summed E-state index contributed by atoms with van der Waals surface area (Å²) in [4.78, 5) is 36.0. The molecule has 2 atom stereocenters.